The van der Waals surface area contributed by atoms with E-state index in [4.69, 9.17) is 0 Å². The molecule has 0 aromatic heterocycles. The normalized spacial score (nSPS) is 9.13. The van der Waals surface area contributed by atoms with E-state index in [1.165, 1.54) is 44.2 Å². The van der Waals surface area contributed by atoms with Crippen molar-refractivity contribution in [3.63, 3.8) is 0 Å². The average molecular weight is 473 g/mol. The first kappa shape index (κ1) is 24.3. The molecule has 0 bridgehead atoms. The fourth-order valence-electron chi connectivity index (χ4n) is 2.71. The molecule has 0 saturated heterocycles. The van der Waals surface area contributed by atoms with Crippen molar-refractivity contribution < 1.29 is 25.8 Å². The summed E-state index contributed by atoms with van der Waals surface area (Å²) in [5, 5.41) is 2.72. The number of benzene rings is 1. The molecule has 0 amide bonds. The molecule has 3 aromatic carbocycles. The van der Waals surface area contributed by atoms with E-state index in [9.17, 15) is 0 Å². The van der Waals surface area contributed by atoms with E-state index < -0.39 is 0 Å². The largest absolute Gasteiger partial charge is 4.00 e. The first-order chi connectivity index (χ1) is 9.43. The molecule has 0 atom stereocenters. The molecule has 3 aromatic rings. The van der Waals surface area contributed by atoms with Crippen molar-refractivity contribution in [2.75, 3.05) is 0 Å². The van der Waals surface area contributed by atoms with Crippen molar-refractivity contribution in [2.24, 2.45) is 0 Å². The van der Waals surface area contributed by atoms with Gasteiger partial charge in [-0.3, -0.25) is 0 Å². The average Bonchev–Trinajstić information content (AvgIpc) is 2.92. The number of fused-ring (bicyclic) bond motifs is 1. The maximum absolute atomic E-state index is 2.20. The third-order valence-corrected chi connectivity index (χ3v) is 4.71. The Kier molecular flexibility index (Phi) is 10.6. The molecule has 23 heavy (non-hydrogen) atoms. The minimum atomic E-state index is 0. The van der Waals surface area contributed by atoms with Crippen LogP contribution in [0.4, 0.5) is 0 Å². The Morgan fingerprint density at radius 1 is 0.739 bits per heavy atom. The van der Waals surface area contributed by atoms with Crippen LogP contribution in [0.1, 0.15) is 33.4 Å². The van der Waals surface area contributed by atoms with Gasteiger partial charge in [-0.1, -0.05) is 47.6 Å². The Morgan fingerprint density at radius 3 is 1.61 bits per heavy atom. The van der Waals surface area contributed by atoms with Gasteiger partial charge < -0.3 is 14.9 Å². The summed E-state index contributed by atoms with van der Waals surface area (Å²) in [4.78, 5) is 0. The van der Waals surface area contributed by atoms with Crippen molar-refractivity contribution in [1.82, 2.24) is 0 Å². The van der Waals surface area contributed by atoms with E-state index in [-0.39, 0.29) is 40.7 Å². The predicted molar refractivity (Wildman–Crippen MR) is 103 cm³/mol. The Labute approximate surface area is 162 Å². The molecule has 0 spiro atoms. The molecule has 0 fully saturated rings. The topological polar surface area (TPSA) is 0 Å². The van der Waals surface area contributed by atoms with Crippen LogP contribution in [-0.2, 0) is 25.8 Å². The van der Waals surface area contributed by atoms with E-state index in [2.05, 4.69) is 77.9 Å². The molecule has 0 aliphatic carbocycles. The predicted octanol–water partition coefficient (Wildman–Crippen LogP) is 6.71. The SMILES string of the molecule is C[c-]1ccc2ccccc21.Cc1c(C)c(C)[c-](C)c1C.[CH3-].[CH3-].[Hf+4]. The van der Waals surface area contributed by atoms with Crippen LogP contribution in [0.3, 0.4) is 0 Å². The van der Waals surface area contributed by atoms with E-state index in [0.29, 0.717) is 0 Å². The molecule has 0 nitrogen and oxygen atoms in total. The summed E-state index contributed by atoms with van der Waals surface area (Å²) in [5.74, 6) is 0. The maximum atomic E-state index is 2.20. The van der Waals surface area contributed by atoms with Crippen LogP contribution in [0.25, 0.3) is 10.8 Å². The Bertz CT molecular complexity index is 646. The summed E-state index contributed by atoms with van der Waals surface area (Å²) in [6, 6.07) is 12.8. The van der Waals surface area contributed by atoms with Crippen LogP contribution in [0, 0.1) is 56.4 Å². The Balaban J connectivity index is 0. The van der Waals surface area contributed by atoms with E-state index in [0.717, 1.165) is 0 Å². The van der Waals surface area contributed by atoms with E-state index >= 15 is 0 Å². The minimum absolute atomic E-state index is 0. The summed E-state index contributed by atoms with van der Waals surface area (Å²) >= 11 is 0. The van der Waals surface area contributed by atoms with Gasteiger partial charge in [0.2, 0.25) is 0 Å². The van der Waals surface area contributed by atoms with Gasteiger partial charge >= 0.3 is 25.8 Å². The van der Waals surface area contributed by atoms with Crippen LogP contribution >= 0.6 is 0 Å². The van der Waals surface area contributed by atoms with Crippen LogP contribution in [0.2, 0.25) is 0 Å². The fourth-order valence-corrected chi connectivity index (χ4v) is 2.71. The molecular weight excluding hydrogens is 443 g/mol. The zero-order valence-electron chi connectivity index (χ0n) is 16.0. The van der Waals surface area contributed by atoms with Crippen molar-refractivity contribution in [1.29, 1.82) is 0 Å². The molecular formula is C22H30Hf. The molecule has 0 saturated carbocycles. The van der Waals surface area contributed by atoms with E-state index in [1.54, 1.807) is 0 Å². The molecule has 0 aliphatic rings. The van der Waals surface area contributed by atoms with Gasteiger partial charge in [-0.25, -0.2) is 0 Å². The van der Waals surface area contributed by atoms with Crippen molar-refractivity contribution in [3.8, 4) is 0 Å². The molecule has 0 aliphatic heterocycles. The molecule has 0 heterocycles. The van der Waals surface area contributed by atoms with Crippen LogP contribution < -0.4 is 0 Å². The molecule has 0 unspecified atom stereocenters. The first-order valence-corrected chi connectivity index (χ1v) is 7.24. The molecule has 0 radical (unpaired) electrons. The quantitative estimate of drug-likeness (QED) is 0.252. The van der Waals surface area contributed by atoms with E-state index in [1.807, 2.05) is 0 Å². The second kappa shape index (κ2) is 10.0. The summed E-state index contributed by atoms with van der Waals surface area (Å²) < 4.78 is 0. The van der Waals surface area contributed by atoms with Crippen molar-refractivity contribution in [2.45, 2.75) is 41.5 Å². The minimum Gasteiger partial charge on any atom is -0.358 e. The smallest absolute Gasteiger partial charge is 0.358 e. The third kappa shape index (κ3) is 5.01. The monoisotopic (exact) mass is 474 g/mol. The zero-order valence-corrected chi connectivity index (χ0v) is 19.6. The molecule has 122 valence electrons. The summed E-state index contributed by atoms with van der Waals surface area (Å²) in [5.41, 5.74) is 8.71. The number of hydrogen-bond donors (Lipinski definition) is 0. The van der Waals surface area contributed by atoms with Gasteiger partial charge in [-0.15, -0.1) is 34.5 Å². The van der Waals surface area contributed by atoms with Gasteiger partial charge in [-0.05, 0) is 0 Å². The van der Waals surface area contributed by atoms with Gasteiger partial charge in [0.15, 0.2) is 0 Å². The van der Waals surface area contributed by atoms with Crippen LogP contribution in [0.15, 0.2) is 36.4 Å². The van der Waals surface area contributed by atoms with Gasteiger partial charge in [0, 0.05) is 0 Å². The zero-order chi connectivity index (χ0) is 14.9. The standard InChI is InChI=1S/C10H9.C10H15.2CH3.Hf/c1-8-6-7-9-4-2-3-5-10(8)9;1-6-7(2)9(4)10(5)8(6)3;;;/h2-7H,1H3;1-5H3;2*1H3;/q4*-1;+4. The Morgan fingerprint density at radius 2 is 1.22 bits per heavy atom. The molecule has 3 rings (SSSR count). The summed E-state index contributed by atoms with van der Waals surface area (Å²) in [6.07, 6.45) is 0. The van der Waals surface area contributed by atoms with Crippen LogP contribution in [-0.4, -0.2) is 0 Å². The molecule has 1 heteroatoms. The number of aryl methyl sites for hydroxylation is 1. The Hall–Kier alpha value is -0.950. The molecule has 0 N–H and O–H groups in total. The first-order valence-electron chi connectivity index (χ1n) is 7.24. The van der Waals surface area contributed by atoms with Crippen LogP contribution in [0.5, 0.6) is 0 Å². The second-order valence-electron chi connectivity index (χ2n) is 5.73. The van der Waals surface area contributed by atoms with Crippen molar-refractivity contribution >= 4 is 10.8 Å². The van der Waals surface area contributed by atoms with Gasteiger partial charge in [0.25, 0.3) is 0 Å². The van der Waals surface area contributed by atoms with Crippen molar-refractivity contribution in [3.05, 3.63) is 84.6 Å². The fraction of sp³-hybridized carbons (Fsp3) is 0.273. The number of hydrogen-bond acceptors (Lipinski definition) is 0. The summed E-state index contributed by atoms with van der Waals surface area (Å²) in [7, 11) is 0. The summed E-state index contributed by atoms with van der Waals surface area (Å²) in [6.45, 7) is 13.1. The van der Waals surface area contributed by atoms with Gasteiger partial charge in [-0.2, -0.15) is 39.9 Å². The van der Waals surface area contributed by atoms with Gasteiger partial charge in [0.1, 0.15) is 0 Å². The third-order valence-electron chi connectivity index (χ3n) is 4.71. The second-order valence-corrected chi connectivity index (χ2v) is 5.73. The van der Waals surface area contributed by atoms with Gasteiger partial charge in [0.05, 0.1) is 0 Å². The number of rotatable bonds is 0. The maximum Gasteiger partial charge on any atom is 4.00 e.